The number of amides is 1. The Kier molecular flexibility index (Phi) is 5.48. The number of pyridine rings is 1. The molecule has 0 bridgehead atoms. The summed E-state index contributed by atoms with van der Waals surface area (Å²) in [6.45, 7) is 5.28. The van der Waals surface area contributed by atoms with E-state index in [0.717, 1.165) is 22.1 Å². The molecule has 25 heavy (non-hydrogen) atoms. The quantitative estimate of drug-likeness (QED) is 0.826. The van der Waals surface area contributed by atoms with Gasteiger partial charge in [-0.3, -0.25) is 4.79 Å². The molecule has 0 fully saturated rings. The SMILES string of the molecule is CSc1ncccc1C(=O)NC(c1ccc2c(c1)OCCO2)C(C)C. The van der Waals surface area contributed by atoms with Gasteiger partial charge in [-0.05, 0) is 42.0 Å². The summed E-state index contributed by atoms with van der Waals surface area (Å²) in [6.07, 6.45) is 3.61. The lowest BCUT2D eigenvalue weighted by Gasteiger charge is -2.25. The number of ether oxygens (including phenoxy) is 2. The summed E-state index contributed by atoms with van der Waals surface area (Å²) in [5.74, 6) is 1.59. The van der Waals surface area contributed by atoms with E-state index in [-0.39, 0.29) is 17.9 Å². The number of benzene rings is 1. The molecule has 1 N–H and O–H groups in total. The van der Waals surface area contributed by atoms with Crippen LogP contribution >= 0.6 is 11.8 Å². The zero-order valence-corrected chi connectivity index (χ0v) is 15.4. The number of hydrogen-bond donors (Lipinski definition) is 1. The lowest BCUT2D eigenvalue weighted by atomic mass is 9.95. The maximum atomic E-state index is 12.8. The zero-order chi connectivity index (χ0) is 17.8. The highest BCUT2D eigenvalue weighted by molar-refractivity contribution is 7.98. The molecule has 2 heterocycles. The van der Waals surface area contributed by atoms with Crippen LogP contribution in [-0.4, -0.2) is 30.4 Å². The van der Waals surface area contributed by atoms with Gasteiger partial charge in [0.25, 0.3) is 5.91 Å². The van der Waals surface area contributed by atoms with Crippen LogP contribution in [0.2, 0.25) is 0 Å². The van der Waals surface area contributed by atoms with Gasteiger partial charge in [0.05, 0.1) is 11.6 Å². The van der Waals surface area contributed by atoms with Crippen molar-refractivity contribution in [2.24, 2.45) is 5.92 Å². The van der Waals surface area contributed by atoms with Crippen molar-refractivity contribution >= 4 is 17.7 Å². The summed E-state index contributed by atoms with van der Waals surface area (Å²) in [4.78, 5) is 17.0. The third kappa shape index (κ3) is 3.90. The first-order valence-electron chi connectivity index (χ1n) is 8.29. The average molecular weight is 358 g/mol. The number of hydrogen-bond acceptors (Lipinski definition) is 5. The minimum Gasteiger partial charge on any atom is -0.486 e. The maximum absolute atomic E-state index is 12.8. The fourth-order valence-electron chi connectivity index (χ4n) is 2.83. The second-order valence-corrected chi connectivity index (χ2v) is 6.95. The molecular formula is C19H22N2O3S. The predicted octanol–water partition coefficient (Wildman–Crippen LogP) is 3.70. The van der Waals surface area contributed by atoms with Crippen molar-refractivity contribution in [2.75, 3.05) is 19.5 Å². The molecule has 1 aliphatic rings. The summed E-state index contributed by atoms with van der Waals surface area (Å²) < 4.78 is 11.2. The summed E-state index contributed by atoms with van der Waals surface area (Å²) in [6, 6.07) is 9.30. The van der Waals surface area contributed by atoms with Crippen molar-refractivity contribution in [2.45, 2.75) is 24.9 Å². The van der Waals surface area contributed by atoms with E-state index in [1.807, 2.05) is 24.5 Å². The minimum atomic E-state index is -0.127. The minimum absolute atomic E-state index is 0.119. The van der Waals surface area contributed by atoms with E-state index in [0.29, 0.717) is 18.8 Å². The highest BCUT2D eigenvalue weighted by atomic mass is 32.2. The fraction of sp³-hybridized carbons (Fsp3) is 0.368. The standard InChI is InChI=1S/C19H22N2O3S/c1-12(2)17(13-6-7-15-16(11-13)24-10-9-23-15)21-18(22)14-5-4-8-20-19(14)25-3/h4-8,11-12,17H,9-10H2,1-3H3,(H,21,22). The highest BCUT2D eigenvalue weighted by Crippen LogP contribution is 2.34. The molecule has 0 aliphatic carbocycles. The molecule has 3 rings (SSSR count). The third-order valence-corrected chi connectivity index (χ3v) is 4.80. The van der Waals surface area contributed by atoms with Crippen LogP contribution in [-0.2, 0) is 0 Å². The number of aromatic nitrogens is 1. The lowest BCUT2D eigenvalue weighted by molar-refractivity contribution is 0.0921. The van der Waals surface area contributed by atoms with Crippen LogP contribution in [0.15, 0.2) is 41.6 Å². The van der Waals surface area contributed by atoms with Crippen LogP contribution in [0.4, 0.5) is 0 Å². The van der Waals surface area contributed by atoms with Crippen LogP contribution in [0.1, 0.15) is 35.8 Å². The first-order chi connectivity index (χ1) is 12.1. The molecule has 0 spiro atoms. The van der Waals surface area contributed by atoms with Gasteiger partial charge in [0.1, 0.15) is 18.2 Å². The normalized spacial score (nSPS) is 14.2. The summed E-state index contributed by atoms with van der Waals surface area (Å²) in [5, 5.41) is 3.87. The van der Waals surface area contributed by atoms with Crippen molar-refractivity contribution in [1.82, 2.24) is 10.3 Å². The predicted molar refractivity (Wildman–Crippen MR) is 98.5 cm³/mol. The molecule has 0 saturated heterocycles. The number of thioether (sulfide) groups is 1. The summed E-state index contributed by atoms with van der Waals surface area (Å²) in [7, 11) is 0. The Bertz CT molecular complexity index is 764. The van der Waals surface area contributed by atoms with Crippen LogP contribution in [0, 0.1) is 5.92 Å². The Morgan fingerprint density at radius 3 is 2.68 bits per heavy atom. The van der Waals surface area contributed by atoms with Crippen LogP contribution < -0.4 is 14.8 Å². The van der Waals surface area contributed by atoms with Gasteiger partial charge >= 0.3 is 0 Å². The molecule has 0 saturated carbocycles. The van der Waals surface area contributed by atoms with Crippen LogP contribution in [0.5, 0.6) is 11.5 Å². The van der Waals surface area contributed by atoms with Crippen LogP contribution in [0.3, 0.4) is 0 Å². The fourth-order valence-corrected chi connectivity index (χ4v) is 3.38. The Labute approximate surface area is 152 Å². The molecule has 1 aliphatic heterocycles. The van der Waals surface area contributed by atoms with Gasteiger partial charge in [0.15, 0.2) is 11.5 Å². The number of fused-ring (bicyclic) bond motifs is 1. The number of carbonyl (C=O) groups is 1. The third-order valence-electron chi connectivity index (χ3n) is 4.09. The van der Waals surface area contributed by atoms with E-state index in [9.17, 15) is 4.79 Å². The molecule has 1 aromatic heterocycles. The Balaban J connectivity index is 1.85. The van der Waals surface area contributed by atoms with Crippen molar-refractivity contribution in [3.63, 3.8) is 0 Å². The molecule has 1 atom stereocenters. The number of nitrogens with one attached hydrogen (secondary N) is 1. The van der Waals surface area contributed by atoms with Crippen LogP contribution in [0.25, 0.3) is 0 Å². The molecule has 1 amide bonds. The maximum Gasteiger partial charge on any atom is 0.254 e. The average Bonchev–Trinajstić information content (AvgIpc) is 2.65. The van der Waals surface area contributed by atoms with E-state index in [1.54, 1.807) is 18.3 Å². The largest absolute Gasteiger partial charge is 0.486 e. The molecule has 0 radical (unpaired) electrons. The number of carbonyl (C=O) groups excluding carboxylic acids is 1. The van der Waals surface area contributed by atoms with Gasteiger partial charge in [0, 0.05) is 6.20 Å². The Hall–Kier alpha value is -2.21. The summed E-state index contributed by atoms with van der Waals surface area (Å²) in [5.41, 5.74) is 1.60. The van der Waals surface area contributed by atoms with E-state index in [1.165, 1.54) is 11.8 Å². The van der Waals surface area contributed by atoms with Crippen molar-refractivity contribution < 1.29 is 14.3 Å². The first-order valence-corrected chi connectivity index (χ1v) is 9.52. The van der Waals surface area contributed by atoms with Gasteiger partial charge < -0.3 is 14.8 Å². The molecule has 132 valence electrons. The van der Waals surface area contributed by atoms with Gasteiger partial charge in [-0.2, -0.15) is 0 Å². The van der Waals surface area contributed by atoms with Gasteiger partial charge in [-0.1, -0.05) is 19.9 Å². The smallest absolute Gasteiger partial charge is 0.254 e. The molecular weight excluding hydrogens is 336 g/mol. The summed E-state index contributed by atoms with van der Waals surface area (Å²) >= 11 is 1.47. The van der Waals surface area contributed by atoms with E-state index >= 15 is 0 Å². The number of nitrogens with zero attached hydrogens (tertiary/aromatic N) is 1. The van der Waals surface area contributed by atoms with Crippen molar-refractivity contribution in [3.05, 3.63) is 47.7 Å². The molecule has 1 unspecified atom stereocenters. The second-order valence-electron chi connectivity index (χ2n) is 6.16. The van der Waals surface area contributed by atoms with Gasteiger partial charge in [-0.15, -0.1) is 11.8 Å². The van der Waals surface area contributed by atoms with Gasteiger partial charge in [0.2, 0.25) is 0 Å². The van der Waals surface area contributed by atoms with E-state index in [4.69, 9.17) is 9.47 Å². The molecule has 2 aromatic rings. The second kappa shape index (κ2) is 7.78. The Morgan fingerprint density at radius 1 is 1.20 bits per heavy atom. The first kappa shape index (κ1) is 17.6. The Morgan fingerprint density at radius 2 is 1.96 bits per heavy atom. The monoisotopic (exact) mass is 358 g/mol. The number of rotatable bonds is 5. The highest BCUT2D eigenvalue weighted by Gasteiger charge is 2.23. The van der Waals surface area contributed by atoms with Gasteiger partial charge in [-0.25, -0.2) is 4.98 Å². The molecule has 6 heteroatoms. The lowest BCUT2D eigenvalue weighted by Crippen LogP contribution is -2.32. The van der Waals surface area contributed by atoms with E-state index in [2.05, 4.69) is 24.1 Å². The molecule has 1 aromatic carbocycles. The van der Waals surface area contributed by atoms with Crippen molar-refractivity contribution in [3.8, 4) is 11.5 Å². The van der Waals surface area contributed by atoms with E-state index < -0.39 is 0 Å². The zero-order valence-electron chi connectivity index (χ0n) is 14.6. The molecule has 5 nitrogen and oxygen atoms in total. The van der Waals surface area contributed by atoms with Crippen molar-refractivity contribution in [1.29, 1.82) is 0 Å². The topological polar surface area (TPSA) is 60.5 Å².